The van der Waals surface area contributed by atoms with Crippen molar-refractivity contribution in [3.63, 3.8) is 0 Å². The maximum atomic E-state index is 12.5. The van der Waals surface area contributed by atoms with E-state index in [1.54, 1.807) is 0 Å². The van der Waals surface area contributed by atoms with Gasteiger partial charge in [0.2, 0.25) is 0 Å². The average molecular weight is 446 g/mol. The van der Waals surface area contributed by atoms with Crippen LogP contribution in [-0.4, -0.2) is 26.2 Å². The Labute approximate surface area is 194 Å². The first kappa shape index (κ1) is 22.7. The fourth-order valence-electron chi connectivity index (χ4n) is 3.61. The number of hydrogen-bond acceptors (Lipinski definition) is 5. The highest BCUT2D eigenvalue weighted by molar-refractivity contribution is 5.93. The standard InChI is InChI=1S/C26H31N5O2/c1-15-12-16(21-19-13-18(25(2,3)4)10-11-20(19)29-30-21)8-9-17(15)14-27-22(32)23-28-24(31-33-23)26(5,6)7/h8-13H,14H2,1-7H3,(H,27,32)(H,29,30). The topological polar surface area (TPSA) is 96.7 Å². The molecule has 7 heteroatoms. The highest BCUT2D eigenvalue weighted by Gasteiger charge is 2.24. The molecule has 0 spiro atoms. The highest BCUT2D eigenvalue weighted by atomic mass is 16.5. The zero-order valence-electron chi connectivity index (χ0n) is 20.3. The summed E-state index contributed by atoms with van der Waals surface area (Å²) in [7, 11) is 0. The van der Waals surface area contributed by atoms with Crippen molar-refractivity contribution in [3.05, 3.63) is 64.8 Å². The monoisotopic (exact) mass is 445 g/mol. The molecule has 0 aliphatic rings. The number of aromatic amines is 1. The van der Waals surface area contributed by atoms with E-state index in [0.717, 1.165) is 33.3 Å². The SMILES string of the molecule is Cc1cc(-c2n[nH]c3ccc(C(C)(C)C)cc23)ccc1CNC(=O)c1nc(C(C)(C)C)no1. The average Bonchev–Trinajstić information content (AvgIpc) is 3.39. The van der Waals surface area contributed by atoms with Crippen molar-refractivity contribution < 1.29 is 9.32 Å². The quantitative estimate of drug-likeness (QED) is 0.436. The van der Waals surface area contributed by atoms with Crippen LogP contribution in [0.4, 0.5) is 0 Å². The van der Waals surface area contributed by atoms with Crippen molar-refractivity contribution in [1.29, 1.82) is 0 Å². The van der Waals surface area contributed by atoms with E-state index in [2.05, 4.69) is 70.7 Å². The maximum Gasteiger partial charge on any atom is 0.315 e. The molecule has 0 bridgehead atoms. The van der Waals surface area contributed by atoms with Gasteiger partial charge in [-0.05, 0) is 47.2 Å². The Morgan fingerprint density at radius 1 is 1.03 bits per heavy atom. The third-order valence-corrected chi connectivity index (χ3v) is 5.78. The fourth-order valence-corrected chi connectivity index (χ4v) is 3.61. The Bertz CT molecular complexity index is 1320. The Kier molecular flexibility index (Phi) is 5.60. The van der Waals surface area contributed by atoms with Gasteiger partial charge in [0, 0.05) is 22.9 Å². The second kappa shape index (κ2) is 8.14. The number of benzene rings is 2. The van der Waals surface area contributed by atoms with Crippen LogP contribution in [0.15, 0.2) is 40.9 Å². The van der Waals surface area contributed by atoms with Crippen molar-refractivity contribution in [2.45, 2.75) is 65.8 Å². The number of aryl methyl sites for hydroxylation is 1. The molecule has 2 aromatic heterocycles. The number of carbonyl (C=O) groups excluding carboxylic acids is 1. The van der Waals surface area contributed by atoms with Gasteiger partial charge in [-0.2, -0.15) is 10.1 Å². The molecule has 0 atom stereocenters. The number of aromatic nitrogens is 4. The van der Waals surface area contributed by atoms with Crippen molar-refractivity contribution in [3.8, 4) is 11.3 Å². The fraction of sp³-hybridized carbons (Fsp3) is 0.385. The zero-order chi connectivity index (χ0) is 24.0. The molecule has 1 amide bonds. The minimum atomic E-state index is -0.380. The number of nitrogens with zero attached hydrogens (tertiary/aromatic N) is 3. The second-order valence-electron chi connectivity index (χ2n) is 10.6. The molecule has 0 saturated heterocycles. The van der Waals surface area contributed by atoms with E-state index in [1.165, 1.54) is 5.56 Å². The molecule has 2 aromatic carbocycles. The van der Waals surface area contributed by atoms with Crippen LogP contribution in [0.3, 0.4) is 0 Å². The first-order valence-corrected chi connectivity index (χ1v) is 11.1. The van der Waals surface area contributed by atoms with E-state index in [4.69, 9.17) is 4.52 Å². The third kappa shape index (κ3) is 4.67. The molecule has 0 unspecified atom stereocenters. The van der Waals surface area contributed by atoms with E-state index >= 15 is 0 Å². The number of amides is 1. The minimum absolute atomic E-state index is 0.0214. The van der Waals surface area contributed by atoms with Crippen LogP contribution in [-0.2, 0) is 17.4 Å². The predicted molar refractivity (Wildman–Crippen MR) is 129 cm³/mol. The molecule has 0 fully saturated rings. The summed E-state index contributed by atoms with van der Waals surface area (Å²) < 4.78 is 5.13. The molecular formula is C26H31N5O2. The van der Waals surface area contributed by atoms with E-state index in [1.807, 2.05) is 39.8 Å². The van der Waals surface area contributed by atoms with Gasteiger partial charge >= 0.3 is 11.8 Å². The molecule has 2 heterocycles. The number of hydrogen-bond donors (Lipinski definition) is 2. The zero-order valence-corrected chi connectivity index (χ0v) is 20.3. The van der Waals surface area contributed by atoms with E-state index in [9.17, 15) is 4.79 Å². The molecule has 0 saturated carbocycles. The van der Waals surface area contributed by atoms with E-state index in [-0.39, 0.29) is 22.6 Å². The summed E-state index contributed by atoms with van der Waals surface area (Å²) in [4.78, 5) is 16.7. The molecule has 4 aromatic rings. The molecule has 0 aliphatic heterocycles. The van der Waals surface area contributed by atoms with Crippen molar-refractivity contribution >= 4 is 16.8 Å². The smallest absolute Gasteiger partial charge is 0.315 e. The number of fused-ring (bicyclic) bond motifs is 1. The predicted octanol–water partition coefficient (Wildman–Crippen LogP) is 5.45. The number of H-pyrrole nitrogens is 1. The lowest BCUT2D eigenvalue weighted by atomic mass is 9.86. The second-order valence-corrected chi connectivity index (χ2v) is 10.6. The molecule has 7 nitrogen and oxygen atoms in total. The van der Waals surface area contributed by atoms with Crippen LogP contribution in [0.25, 0.3) is 22.2 Å². The van der Waals surface area contributed by atoms with Crippen LogP contribution in [0, 0.1) is 6.92 Å². The summed E-state index contributed by atoms with van der Waals surface area (Å²) in [6.45, 7) is 14.9. The summed E-state index contributed by atoms with van der Waals surface area (Å²) in [6, 6.07) is 12.6. The molecule has 33 heavy (non-hydrogen) atoms. The van der Waals surface area contributed by atoms with Gasteiger partial charge in [0.15, 0.2) is 5.82 Å². The molecule has 0 radical (unpaired) electrons. The summed E-state index contributed by atoms with van der Waals surface area (Å²) in [6.07, 6.45) is 0. The van der Waals surface area contributed by atoms with Gasteiger partial charge in [-0.15, -0.1) is 0 Å². The minimum Gasteiger partial charge on any atom is -0.344 e. The van der Waals surface area contributed by atoms with Gasteiger partial charge < -0.3 is 9.84 Å². The van der Waals surface area contributed by atoms with E-state index in [0.29, 0.717) is 12.4 Å². The highest BCUT2D eigenvalue weighted by Crippen LogP contribution is 2.32. The maximum absolute atomic E-state index is 12.5. The largest absolute Gasteiger partial charge is 0.344 e. The number of rotatable bonds is 4. The molecular weight excluding hydrogens is 414 g/mol. The first-order chi connectivity index (χ1) is 15.4. The molecule has 172 valence electrons. The van der Waals surface area contributed by atoms with Crippen LogP contribution in [0.2, 0.25) is 0 Å². The summed E-state index contributed by atoms with van der Waals surface area (Å²) >= 11 is 0. The van der Waals surface area contributed by atoms with Gasteiger partial charge in [-0.1, -0.05) is 64.9 Å². The van der Waals surface area contributed by atoms with Crippen molar-refractivity contribution in [2.24, 2.45) is 0 Å². The Morgan fingerprint density at radius 3 is 2.42 bits per heavy atom. The Morgan fingerprint density at radius 2 is 1.79 bits per heavy atom. The van der Waals surface area contributed by atoms with Crippen molar-refractivity contribution in [1.82, 2.24) is 25.7 Å². The van der Waals surface area contributed by atoms with Gasteiger partial charge in [-0.25, -0.2) is 0 Å². The van der Waals surface area contributed by atoms with Crippen LogP contribution < -0.4 is 5.32 Å². The first-order valence-electron chi connectivity index (χ1n) is 11.1. The van der Waals surface area contributed by atoms with Gasteiger partial charge in [-0.3, -0.25) is 9.89 Å². The molecule has 2 N–H and O–H groups in total. The summed E-state index contributed by atoms with van der Waals surface area (Å²) in [5.74, 6) is 0.107. The van der Waals surface area contributed by atoms with Gasteiger partial charge in [0.1, 0.15) is 0 Å². The number of nitrogens with one attached hydrogen (secondary N) is 2. The third-order valence-electron chi connectivity index (χ3n) is 5.78. The normalized spacial score (nSPS) is 12.3. The Balaban J connectivity index is 1.53. The van der Waals surface area contributed by atoms with Crippen molar-refractivity contribution in [2.75, 3.05) is 0 Å². The van der Waals surface area contributed by atoms with Gasteiger partial charge in [0.25, 0.3) is 0 Å². The van der Waals surface area contributed by atoms with Crippen LogP contribution in [0.5, 0.6) is 0 Å². The summed E-state index contributed by atoms with van der Waals surface area (Å²) in [5.41, 5.74) is 6.10. The number of carbonyl (C=O) groups is 1. The lowest BCUT2D eigenvalue weighted by molar-refractivity contribution is 0.0907. The van der Waals surface area contributed by atoms with Crippen LogP contribution in [0.1, 0.15) is 74.7 Å². The Hall–Kier alpha value is -3.48. The summed E-state index contributed by atoms with van der Waals surface area (Å²) in [5, 5.41) is 15.6. The lowest BCUT2D eigenvalue weighted by Gasteiger charge is -2.19. The molecule has 0 aliphatic carbocycles. The van der Waals surface area contributed by atoms with E-state index < -0.39 is 0 Å². The molecule has 4 rings (SSSR count). The van der Waals surface area contributed by atoms with Gasteiger partial charge in [0.05, 0.1) is 11.2 Å². The lowest BCUT2D eigenvalue weighted by Crippen LogP contribution is -2.24. The van der Waals surface area contributed by atoms with Crippen LogP contribution >= 0.6 is 0 Å².